The van der Waals surface area contributed by atoms with Gasteiger partial charge in [0.2, 0.25) is 0 Å². The van der Waals surface area contributed by atoms with Crippen LogP contribution in [0.3, 0.4) is 0 Å². The molecular formula is C17H21N3O5S. The standard InChI is InChI=1S/C17H21N3O5S/c1-5-24-15(17(22)20(3)23-4)12-6-8-13(9-7-12)16-19-18-14(26-16)10-25-11(2)21/h6-9,15H,5,10H2,1-4H3. The van der Waals surface area contributed by atoms with Gasteiger partial charge in [-0.05, 0) is 12.5 Å². The Labute approximate surface area is 155 Å². The predicted molar refractivity (Wildman–Crippen MR) is 95.0 cm³/mol. The van der Waals surface area contributed by atoms with Crippen LogP contribution in [0.25, 0.3) is 10.6 Å². The Morgan fingerprint density at radius 2 is 1.92 bits per heavy atom. The van der Waals surface area contributed by atoms with Gasteiger partial charge in [0.05, 0.1) is 7.11 Å². The number of nitrogens with zero attached hydrogens (tertiary/aromatic N) is 3. The van der Waals surface area contributed by atoms with Crippen LogP contribution in [0.2, 0.25) is 0 Å². The van der Waals surface area contributed by atoms with E-state index < -0.39 is 6.10 Å². The molecule has 0 saturated heterocycles. The van der Waals surface area contributed by atoms with Crippen molar-refractivity contribution in [3.05, 3.63) is 34.8 Å². The summed E-state index contributed by atoms with van der Waals surface area (Å²) in [7, 11) is 2.96. The molecule has 1 amide bonds. The Bertz CT molecular complexity index is 747. The van der Waals surface area contributed by atoms with Gasteiger partial charge in [0.15, 0.2) is 11.1 Å². The van der Waals surface area contributed by atoms with Gasteiger partial charge in [-0.1, -0.05) is 35.6 Å². The summed E-state index contributed by atoms with van der Waals surface area (Å²) in [5.74, 6) is -0.652. The molecule has 1 heterocycles. The van der Waals surface area contributed by atoms with Crippen LogP contribution in [-0.2, 0) is 30.5 Å². The van der Waals surface area contributed by atoms with Gasteiger partial charge in [-0.25, -0.2) is 5.06 Å². The molecule has 1 unspecified atom stereocenters. The third-order valence-corrected chi connectivity index (χ3v) is 4.41. The molecule has 0 aliphatic heterocycles. The number of amides is 1. The van der Waals surface area contributed by atoms with Gasteiger partial charge in [0.1, 0.15) is 11.6 Å². The van der Waals surface area contributed by atoms with Crippen LogP contribution in [0.4, 0.5) is 0 Å². The lowest BCUT2D eigenvalue weighted by Gasteiger charge is -2.22. The first-order valence-corrected chi connectivity index (χ1v) is 8.77. The van der Waals surface area contributed by atoms with Crippen molar-refractivity contribution in [1.29, 1.82) is 0 Å². The molecule has 2 rings (SSSR count). The molecular weight excluding hydrogens is 358 g/mol. The number of esters is 1. The van der Waals surface area contributed by atoms with E-state index in [1.807, 2.05) is 31.2 Å². The van der Waals surface area contributed by atoms with E-state index in [0.717, 1.165) is 10.6 Å². The van der Waals surface area contributed by atoms with Gasteiger partial charge in [-0.15, -0.1) is 10.2 Å². The Hall–Kier alpha value is -2.36. The van der Waals surface area contributed by atoms with Crippen molar-refractivity contribution in [2.45, 2.75) is 26.6 Å². The summed E-state index contributed by atoms with van der Waals surface area (Å²) >= 11 is 1.34. The third kappa shape index (κ3) is 5.07. The van der Waals surface area contributed by atoms with Crippen LogP contribution in [0.5, 0.6) is 0 Å². The molecule has 0 radical (unpaired) electrons. The molecule has 1 aromatic carbocycles. The summed E-state index contributed by atoms with van der Waals surface area (Å²) in [6, 6.07) is 7.31. The van der Waals surface area contributed by atoms with Crippen LogP contribution < -0.4 is 0 Å². The van der Waals surface area contributed by atoms with E-state index in [9.17, 15) is 9.59 Å². The topological polar surface area (TPSA) is 90.8 Å². The minimum atomic E-state index is -0.743. The zero-order valence-electron chi connectivity index (χ0n) is 15.1. The molecule has 0 aliphatic carbocycles. The van der Waals surface area contributed by atoms with E-state index in [1.54, 1.807) is 0 Å². The van der Waals surface area contributed by atoms with E-state index in [-0.39, 0.29) is 18.5 Å². The number of benzene rings is 1. The second-order valence-corrected chi connectivity index (χ2v) is 6.32. The highest BCUT2D eigenvalue weighted by atomic mass is 32.1. The number of ether oxygens (including phenoxy) is 2. The Kier molecular flexibility index (Phi) is 7.19. The smallest absolute Gasteiger partial charge is 0.303 e. The van der Waals surface area contributed by atoms with E-state index in [1.165, 1.54) is 32.4 Å². The van der Waals surface area contributed by atoms with E-state index in [2.05, 4.69) is 10.2 Å². The Morgan fingerprint density at radius 1 is 1.23 bits per heavy atom. The molecule has 0 aliphatic rings. The SMILES string of the molecule is CCOC(C(=O)N(C)OC)c1ccc(-c2nnc(COC(C)=O)s2)cc1. The average Bonchev–Trinajstić information content (AvgIpc) is 3.12. The maximum Gasteiger partial charge on any atom is 0.303 e. The third-order valence-electron chi connectivity index (χ3n) is 3.47. The van der Waals surface area contributed by atoms with Crippen molar-refractivity contribution < 1.29 is 23.9 Å². The van der Waals surface area contributed by atoms with Gasteiger partial charge in [-0.2, -0.15) is 0 Å². The molecule has 140 valence electrons. The number of hydroxylamine groups is 2. The van der Waals surface area contributed by atoms with Crippen LogP contribution in [0.1, 0.15) is 30.5 Å². The summed E-state index contributed by atoms with van der Waals surface area (Å²) in [6.07, 6.45) is -0.743. The molecule has 1 aromatic heterocycles. The van der Waals surface area contributed by atoms with Gasteiger partial charge in [0, 0.05) is 26.1 Å². The van der Waals surface area contributed by atoms with Gasteiger partial charge < -0.3 is 9.47 Å². The molecule has 0 saturated carbocycles. The van der Waals surface area contributed by atoms with Gasteiger partial charge in [0.25, 0.3) is 5.91 Å². The van der Waals surface area contributed by atoms with Gasteiger partial charge >= 0.3 is 5.97 Å². The normalized spacial score (nSPS) is 11.8. The van der Waals surface area contributed by atoms with Crippen LogP contribution in [-0.4, -0.2) is 47.9 Å². The molecule has 9 heteroatoms. The van der Waals surface area contributed by atoms with Crippen LogP contribution >= 0.6 is 11.3 Å². The van der Waals surface area contributed by atoms with Crippen molar-refractivity contribution in [2.75, 3.05) is 20.8 Å². The minimum absolute atomic E-state index is 0.106. The summed E-state index contributed by atoms with van der Waals surface area (Å²) in [6.45, 7) is 3.67. The zero-order valence-corrected chi connectivity index (χ0v) is 15.9. The lowest BCUT2D eigenvalue weighted by Crippen LogP contribution is -2.32. The fourth-order valence-electron chi connectivity index (χ4n) is 2.12. The van der Waals surface area contributed by atoms with E-state index >= 15 is 0 Å². The number of carbonyl (C=O) groups excluding carboxylic acids is 2. The first-order chi connectivity index (χ1) is 12.5. The lowest BCUT2D eigenvalue weighted by molar-refractivity contribution is -0.181. The quantitative estimate of drug-likeness (QED) is 0.514. The number of aromatic nitrogens is 2. The molecule has 26 heavy (non-hydrogen) atoms. The molecule has 0 fully saturated rings. The fraction of sp³-hybridized carbons (Fsp3) is 0.412. The molecule has 8 nitrogen and oxygen atoms in total. The maximum atomic E-state index is 12.4. The first-order valence-electron chi connectivity index (χ1n) is 7.95. The Morgan fingerprint density at radius 3 is 2.50 bits per heavy atom. The number of rotatable bonds is 8. The predicted octanol–water partition coefficient (Wildman–Crippen LogP) is 2.37. The highest BCUT2D eigenvalue weighted by molar-refractivity contribution is 7.14. The molecule has 2 aromatic rings. The number of carbonyl (C=O) groups is 2. The van der Waals surface area contributed by atoms with E-state index in [0.29, 0.717) is 22.2 Å². The largest absolute Gasteiger partial charge is 0.458 e. The highest BCUT2D eigenvalue weighted by Gasteiger charge is 2.24. The van der Waals surface area contributed by atoms with Crippen molar-refractivity contribution in [2.24, 2.45) is 0 Å². The number of likely N-dealkylation sites (N-methyl/N-ethyl adjacent to an activating group) is 1. The summed E-state index contributed by atoms with van der Waals surface area (Å²) < 4.78 is 10.5. The zero-order chi connectivity index (χ0) is 19.1. The molecule has 0 bridgehead atoms. The van der Waals surface area contributed by atoms with Crippen molar-refractivity contribution >= 4 is 23.2 Å². The lowest BCUT2D eigenvalue weighted by atomic mass is 10.1. The maximum absolute atomic E-state index is 12.4. The minimum Gasteiger partial charge on any atom is -0.458 e. The van der Waals surface area contributed by atoms with Crippen molar-refractivity contribution in [3.63, 3.8) is 0 Å². The highest BCUT2D eigenvalue weighted by Crippen LogP contribution is 2.27. The monoisotopic (exact) mass is 379 g/mol. The average molecular weight is 379 g/mol. The van der Waals surface area contributed by atoms with Gasteiger partial charge in [-0.3, -0.25) is 14.4 Å². The molecule has 0 N–H and O–H groups in total. The second kappa shape index (κ2) is 9.37. The van der Waals surface area contributed by atoms with Crippen LogP contribution in [0.15, 0.2) is 24.3 Å². The molecule has 1 atom stereocenters. The first kappa shape index (κ1) is 20.0. The second-order valence-electron chi connectivity index (χ2n) is 5.26. The Balaban J connectivity index is 2.15. The van der Waals surface area contributed by atoms with E-state index in [4.69, 9.17) is 14.3 Å². The number of hydrogen-bond acceptors (Lipinski definition) is 8. The summed E-state index contributed by atoms with van der Waals surface area (Å²) in [5.41, 5.74) is 1.57. The fourth-order valence-corrected chi connectivity index (χ4v) is 2.88. The summed E-state index contributed by atoms with van der Waals surface area (Å²) in [4.78, 5) is 28.2. The van der Waals surface area contributed by atoms with Crippen molar-refractivity contribution in [1.82, 2.24) is 15.3 Å². The van der Waals surface area contributed by atoms with Crippen molar-refractivity contribution in [3.8, 4) is 10.6 Å². The van der Waals surface area contributed by atoms with Crippen LogP contribution in [0, 0.1) is 0 Å². The summed E-state index contributed by atoms with van der Waals surface area (Å²) in [5, 5.41) is 10.6. The number of hydrogen-bond donors (Lipinski definition) is 0. The molecule has 0 spiro atoms.